The number of aromatic nitrogens is 1. The molecule has 24 heavy (non-hydrogen) atoms. The van der Waals surface area contributed by atoms with Gasteiger partial charge >= 0.3 is 6.18 Å². The number of hydrogen-bond donors (Lipinski definition) is 1. The number of aliphatic hydroxyl groups excluding tert-OH is 1. The lowest BCUT2D eigenvalue weighted by Gasteiger charge is -2.20. The molecule has 1 atom stereocenters. The standard InChI is InChI=1S/C18H21F3N2O/c1-23(11-9-16-4-2-3-10-22-16)13-17(24)12-14-5-7-15(8-6-14)18(19,20)21/h2-8,10,17,24H,9,11-13H2,1H3. The van der Waals surface area contributed by atoms with Gasteiger partial charge in [-0.3, -0.25) is 4.98 Å². The maximum Gasteiger partial charge on any atom is 0.416 e. The first-order valence-electron chi connectivity index (χ1n) is 7.77. The van der Waals surface area contributed by atoms with Crippen molar-refractivity contribution in [3.8, 4) is 0 Å². The lowest BCUT2D eigenvalue weighted by molar-refractivity contribution is -0.137. The summed E-state index contributed by atoms with van der Waals surface area (Å²) in [7, 11) is 1.90. The number of nitrogens with zero attached hydrogens (tertiary/aromatic N) is 2. The van der Waals surface area contributed by atoms with E-state index in [4.69, 9.17) is 0 Å². The van der Waals surface area contributed by atoms with E-state index in [9.17, 15) is 18.3 Å². The van der Waals surface area contributed by atoms with Gasteiger partial charge in [0.2, 0.25) is 0 Å². The molecule has 0 saturated heterocycles. The molecule has 6 heteroatoms. The molecule has 0 saturated carbocycles. The van der Waals surface area contributed by atoms with Crippen LogP contribution in [-0.4, -0.2) is 41.2 Å². The fraction of sp³-hybridized carbons (Fsp3) is 0.389. The van der Waals surface area contributed by atoms with Crippen LogP contribution in [0.15, 0.2) is 48.7 Å². The van der Waals surface area contributed by atoms with Gasteiger partial charge in [-0.15, -0.1) is 0 Å². The summed E-state index contributed by atoms with van der Waals surface area (Å²) in [6.45, 7) is 1.20. The van der Waals surface area contributed by atoms with Gasteiger partial charge in [-0.25, -0.2) is 0 Å². The molecule has 0 bridgehead atoms. The Morgan fingerprint density at radius 1 is 1.12 bits per heavy atom. The van der Waals surface area contributed by atoms with Crippen molar-refractivity contribution in [2.75, 3.05) is 20.1 Å². The normalized spacial score (nSPS) is 13.2. The average molecular weight is 338 g/mol. The number of benzene rings is 1. The topological polar surface area (TPSA) is 36.4 Å². The molecule has 0 aliphatic heterocycles. The van der Waals surface area contributed by atoms with Gasteiger partial charge in [0.25, 0.3) is 0 Å². The van der Waals surface area contributed by atoms with Gasteiger partial charge in [0.15, 0.2) is 0 Å². The molecule has 0 amide bonds. The summed E-state index contributed by atoms with van der Waals surface area (Å²) in [4.78, 5) is 6.23. The number of rotatable bonds is 7. The van der Waals surface area contributed by atoms with Crippen LogP contribution in [0, 0.1) is 0 Å². The molecule has 2 aromatic rings. The predicted molar refractivity (Wildman–Crippen MR) is 86.6 cm³/mol. The largest absolute Gasteiger partial charge is 0.416 e. The third kappa shape index (κ3) is 5.94. The summed E-state index contributed by atoms with van der Waals surface area (Å²) >= 11 is 0. The van der Waals surface area contributed by atoms with Gasteiger partial charge in [0.05, 0.1) is 11.7 Å². The second-order valence-corrected chi connectivity index (χ2v) is 5.89. The van der Waals surface area contributed by atoms with Gasteiger partial charge in [-0.05, 0) is 43.3 Å². The fourth-order valence-corrected chi connectivity index (χ4v) is 2.47. The van der Waals surface area contributed by atoms with E-state index >= 15 is 0 Å². The number of aliphatic hydroxyl groups is 1. The molecular weight excluding hydrogens is 317 g/mol. The second-order valence-electron chi connectivity index (χ2n) is 5.89. The van der Waals surface area contributed by atoms with Gasteiger partial charge in [-0.2, -0.15) is 13.2 Å². The number of likely N-dealkylation sites (N-methyl/N-ethyl adjacent to an activating group) is 1. The predicted octanol–water partition coefficient (Wildman–Crippen LogP) is 3.18. The first-order chi connectivity index (χ1) is 11.3. The van der Waals surface area contributed by atoms with Gasteiger partial charge in [-0.1, -0.05) is 18.2 Å². The van der Waals surface area contributed by atoms with Crippen molar-refractivity contribution in [3.63, 3.8) is 0 Å². The molecule has 0 fully saturated rings. The van der Waals surface area contributed by atoms with Crippen molar-refractivity contribution >= 4 is 0 Å². The lowest BCUT2D eigenvalue weighted by Crippen LogP contribution is -2.32. The molecular formula is C18H21F3N2O. The number of pyridine rings is 1. The van der Waals surface area contributed by atoms with E-state index in [1.54, 1.807) is 6.20 Å². The second kappa shape index (κ2) is 8.26. The molecule has 0 radical (unpaired) electrons. The van der Waals surface area contributed by atoms with Gasteiger partial charge in [0.1, 0.15) is 0 Å². The molecule has 1 unspecified atom stereocenters. The highest BCUT2D eigenvalue weighted by Crippen LogP contribution is 2.29. The van der Waals surface area contributed by atoms with Crippen LogP contribution in [0.4, 0.5) is 13.2 Å². The maximum absolute atomic E-state index is 12.5. The van der Waals surface area contributed by atoms with Crippen LogP contribution in [0.25, 0.3) is 0 Å². The highest BCUT2D eigenvalue weighted by atomic mass is 19.4. The summed E-state index contributed by atoms with van der Waals surface area (Å²) < 4.78 is 37.6. The Labute approximate surface area is 139 Å². The molecule has 1 N–H and O–H groups in total. The maximum atomic E-state index is 12.5. The van der Waals surface area contributed by atoms with Crippen LogP contribution in [0.2, 0.25) is 0 Å². The Balaban J connectivity index is 1.78. The zero-order chi connectivity index (χ0) is 17.6. The van der Waals surface area contributed by atoms with Crippen LogP contribution >= 0.6 is 0 Å². The molecule has 3 nitrogen and oxygen atoms in total. The van der Waals surface area contributed by atoms with Crippen molar-refractivity contribution in [3.05, 3.63) is 65.5 Å². The van der Waals surface area contributed by atoms with E-state index < -0.39 is 17.8 Å². The summed E-state index contributed by atoms with van der Waals surface area (Å²) in [6, 6.07) is 10.7. The third-order valence-electron chi connectivity index (χ3n) is 3.75. The zero-order valence-corrected chi connectivity index (χ0v) is 13.5. The Morgan fingerprint density at radius 3 is 2.42 bits per heavy atom. The lowest BCUT2D eigenvalue weighted by atomic mass is 10.1. The van der Waals surface area contributed by atoms with E-state index in [-0.39, 0.29) is 0 Å². The molecule has 2 rings (SSSR count). The van der Waals surface area contributed by atoms with Crippen molar-refractivity contribution in [2.24, 2.45) is 0 Å². The van der Waals surface area contributed by atoms with Crippen LogP contribution < -0.4 is 0 Å². The number of hydrogen-bond acceptors (Lipinski definition) is 3. The summed E-state index contributed by atoms with van der Waals surface area (Å²) in [5.41, 5.74) is 1.00. The van der Waals surface area contributed by atoms with Gasteiger partial charge < -0.3 is 10.0 Å². The zero-order valence-electron chi connectivity index (χ0n) is 13.5. The van der Waals surface area contributed by atoms with Crippen molar-refractivity contribution in [2.45, 2.75) is 25.1 Å². The highest BCUT2D eigenvalue weighted by Gasteiger charge is 2.29. The van der Waals surface area contributed by atoms with E-state index in [0.717, 1.165) is 30.8 Å². The summed E-state index contributed by atoms with van der Waals surface area (Å²) in [5.74, 6) is 0. The first-order valence-corrected chi connectivity index (χ1v) is 7.77. The quantitative estimate of drug-likeness (QED) is 0.842. The number of alkyl halides is 3. The minimum Gasteiger partial charge on any atom is -0.391 e. The first kappa shape index (κ1) is 18.4. The third-order valence-corrected chi connectivity index (χ3v) is 3.75. The van der Waals surface area contributed by atoms with Crippen molar-refractivity contribution < 1.29 is 18.3 Å². The highest BCUT2D eigenvalue weighted by molar-refractivity contribution is 5.25. The summed E-state index contributed by atoms with van der Waals surface area (Å²) in [6.07, 6.45) is -2.11. The van der Waals surface area contributed by atoms with Crippen LogP contribution in [0.1, 0.15) is 16.8 Å². The van der Waals surface area contributed by atoms with Gasteiger partial charge in [0, 0.05) is 31.4 Å². The van der Waals surface area contributed by atoms with E-state index in [0.29, 0.717) is 18.5 Å². The SMILES string of the molecule is CN(CCc1ccccn1)CC(O)Cc1ccc(C(F)(F)F)cc1. The van der Waals surface area contributed by atoms with E-state index in [1.807, 2.05) is 30.1 Å². The summed E-state index contributed by atoms with van der Waals surface area (Å²) in [5, 5.41) is 10.1. The van der Waals surface area contributed by atoms with Crippen LogP contribution in [-0.2, 0) is 19.0 Å². The molecule has 0 aliphatic carbocycles. The fourth-order valence-electron chi connectivity index (χ4n) is 2.47. The smallest absolute Gasteiger partial charge is 0.391 e. The minimum atomic E-state index is -4.33. The Morgan fingerprint density at radius 2 is 1.83 bits per heavy atom. The molecule has 0 aliphatic rings. The monoisotopic (exact) mass is 338 g/mol. The minimum absolute atomic E-state index is 0.325. The molecule has 1 aromatic heterocycles. The molecule has 0 spiro atoms. The molecule has 130 valence electrons. The van der Waals surface area contributed by atoms with E-state index in [2.05, 4.69) is 4.98 Å². The average Bonchev–Trinajstić information content (AvgIpc) is 2.53. The molecule has 1 heterocycles. The Bertz CT molecular complexity index is 614. The van der Waals surface area contributed by atoms with Crippen LogP contribution in [0.3, 0.4) is 0 Å². The van der Waals surface area contributed by atoms with Crippen molar-refractivity contribution in [1.29, 1.82) is 0 Å². The number of halogens is 3. The van der Waals surface area contributed by atoms with Crippen molar-refractivity contribution in [1.82, 2.24) is 9.88 Å². The Kier molecular flexibility index (Phi) is 6.34. The molecule has 1 aromatic carbocycles. The van der Waals surface area contributed by atoms with E-state index in [1.165, 1.54) is 12.1 Å². The van der Waals surface area contributed by atoms with Crippen LogP contribution in [0.5, 0.6) is 0 Å². The Hall–Kier alpha value is -1.92.